The lowest BCUT2D eigenvalue weighted by atomic mass is 10.1. The predicted molar refractivity (Wildman–Crippen MR) is 120 cm³/mol. The molecule has 3 aromatic rings. The van der Waals surface area contributed by atoms with Crippen LogP contribution in [0.1, 0.15) is 11.1 Å². The van der Waals surface area contributed by atoms with E-state index < -0.39 is 17.4 Å². The number of nitrogens with zero attached hydrogens (tertiary/aromatic N) is 4. The quantitative estimate of drug-likeness (QED) is 0.459. The van der Waals surface area contributed by atoms with Crippen molar-refractivity contribution in [1.29, 1.82) is 10.5 Å². The van der Waals surface area contributed by atoms with Crippen LogP contribution in [-0.2, 0) is 6.18 Å². The molecule has 0 saturated heterocycles. The molecule has 0 aromatic heterocycles. The molecule has 0 N–H and O–H groups in total. The molecule has 6 nitrogen and oxygen atoms in total. The second kappa shape index (κ2) is 10.1. The average Bonchev–Trinajstić information content (AvgIpc) is 2.82. The molecule has 0 saturated carbocycles. The molecule has 0 bridgehead atoms. The van der Waals surface area contributed by atoms with E-state index >= 15 is 0 Å². The van der Waals surface area contributed by atoms with Gasteiger partial charge in [-0.2, -0.15) is 13.2 Å². The smallest absolute Gasteiger partial charge is 0.416 e. The van der Waals surface area contributed by atoms with Crippen LogP contribution in [0, 0.1) is 42.7 Å². The van der Waals surface area contributed by atoms with E-state index in [1.807, 2.05) is 13.0 Å². The van der Waals surface area contributed by atoms with Crippen LogP contribution in [0.15, 0.2) is 60.7 Å². The lowest BCUT2D eigenvalue weighted by Gasteiger charge is -2.13. The second-order valence-electron chi connectivity index (χ2n) is 7.04. The fourth-order valence-electron chi connectivity index (χ4n) is 3.06. The summed E-state index contributed by atoms with van der Waals surface area (Å²) in [7, 11) is 0. The van der Waals surface area contributed by atoms with Gasteiger partial charge in [0, 0.05) is 10.4 Å². The summed E-state index contributed by atoms with van der Waals surface area (Å²) in [5.41, 5.74) is -0.895. The minimum Gasteiger partial charge on any atom is -0.458 e. The summed E-state index contributed by atoms with van der Waals surface area (Å²) in [6, 6.07) is 16.8. The van der Waals surface area contributed by atoms with Crippen molar-refractivity contribution < 1.29 is 22.6 Å². The molecule has 0 spiro atoms. The van der Waals surface area contributed by atoms with Crippen molar-refractivity contribution in [2.75, 3.05) is 0 Å². The van der Waals surface area contributed by atoms with Gasteiger partial charge in [-0.25, -0.2) is 20.2 Å². The fraction of sp³-hybridized carbons (Fsp3) is 0.0769. The Hall–Kier alpha value is -5.25. The van der Waals surface area contributed by atoms with E-state index in [2.05, 4.69) is 9.69 Å². The van der Waals surface area contributed by atoms with Crippen LogP contribution in [0.2, 0.25) is 0 Å². The summed E-state index contributed by atoms with van der Waals surface area (Å²) in [5.74, 6) is -0.0545. The van der Waals surface area contributed by atoms with E-state index in [9.17, 15) is 23.7 Å². The van der Waals surface area contributed by atoms with Crippen molar-refractivity contribution in [3.8, 4) is 35.1 Å². The number of aryl methyl sites for hydroxylation is 1. The Morgan fingerprint density at radius 2 is 1.29 bits per heavy atom. The van der Waals surface area contributed by atoms with Gasteiger partial charge in [0.2, 0.25) is 0 Å². The molecular formula is C26H13F3N4O2. The topological polar surface area (TPSA) is 74.8 Å². The Kier molecular flexibility index (Phi) is 7.06. The van der Waals surface area contributed by atoms with E-state index in [0.29, 0.717) is 5.75 Å². The van der Waals surface area contributed by atoms with E-state index in [-0.39, 0.29) is 33.4 Å². The van der Waals surface area contributed by atoms with Crippen molar-refractivity contribution in [3.63, 3.8) is 0 Å². The molecule has 0 radical (unpaired) electrons. The molecule has 170 valence electrons. The van der Waals surface area contributed by atoms with Crippen LogP contribution in [0.3, 0.4) is 0 Å². The predicted octanol–water partition coefficient (Wildman–Crippen LogP) is 5.70. The highest BCUT2D eigenvalue weighted by Crippen LogP contribution is 2.32. The molecule has 0 amide bonds. The molecule has 0 aliphatic heterocycles. The van der Waals surface area contributed by atoms with Gasteiger partial charge in [0.05, 0.1) is 30.8 Å². The van der Waals surface area contributed by atoms with Gasteiger partial charge in [0.15, 0.2) is 0 Å². The Bertz CT molecular complexity index is 1570. The Morgan fingerprint density at radius 1 is 0.800 bits per heavy atom. The molecule has 35 heavy (non-hydrogen) atoms. The monoisotopic (exact) mass is 470 g/mol. The van der Waals surface area contributed by atoms with Gasteiger partial charge in [-0.15, -0.1) is 0 Å². The van der Waals surface area contributed by atoms with Gasteiger partial charge in [0.25, 0.3) is 11.4 Å². The zero-order chi connectivity index (χ0) is 25.6. The molecule has 0 fully saturated rings. The van der Waals surface area contributed by atoms with Crippen molar-refractivity contribution in [2.45, 2.75) is 13.1 Å². The van der Waals surface area contributed by atoms with Crippen molar-refractivity contribution in [2.24, 2.45) is 0 Å². The molecule has 0 unspecified atom stereocenters. The van der Waals surface area contributed by atoms with Gasteiger partial charge >= 0.3 is 6.18 Å². The number of hydrogen-bond acceptors (Lipinski definition) is 4. The summed E-state index contributed by atoms with van der Waals surface area (Å²) in [4.78, 5) is 6.37. The van der Waals surface area contributed by atoms with E-state index in [1.165, 1.54) is 18.2 Å². The largest absolute Gasteiger partial charge is 0.458 e. The highest BCUT2D eigenvalue weighted by Gasteiger charge is 2.30. The number of halogens is 3. The second-order valence-corrected chi connectivity index (χ2v) is 7.04. The molecule has 0 aliphatic rings. The summed E-state index contributed by atoms with van der Waals surface area (Å²) in [6.07, 6.45) is -4.62. The fourth-order valence-corrected chi connectivity index (χ4v) is 3.06. The maximum atomic E-state index is 13.1. The van der Waals surface area contributed by atoms with Gasteiger partial charge in [0.1, 0.15) is 23.0 Å². The first kappa shape index (κ1) is 24.4. The van der Waals surface area contributed by atoms with E-state index in [1.54, 1.807) is 30.3 Å². The molecule has 0 atom stereocenters. The average molecular weight is 470 g/mol. The third-order valence-electron chi connectivity index (χ3n) is 4.63. The normalized spacial score (nSPS) is 12.2. The lowest BCUT2D eigenvalue weighted by Crippen LogP contribution is -2.18. The minimum absolute atomic E-state index is 0.00839. The van der Waals surface area contributed by atoms with Crippen LogP contribution in [0.4, 0.5) is 13.2 Å². The highest BCUT2D eigenvalue weighted by atomic mass is 19.4. The number of rotatable bonds is 4. The third kappa shape index (κ3) is 5.57. The maximum Gasteiger partial charge on any atom is 0.416 e. The van der Waals surface area contributed by atoms with E-state index in [0.717, 1.165) is 23.8 Å². The van der Waals surface area contributed by atoms with Crippen LogP contribution in [0.5, 0.6) is 23.0 Å². The molecular weight excluding hydrogens is 457 g/mol. The first-order valence-electron chi connectivity index (χ1n) is 9.77. The Morgan fingerprint density at radius 3 is 1.71 bits per heavy atom. The van der Waals surface area contributed by atoms with Crippen LogP contribution in [0.25, 0.3) is 21.1 Å². The zero-order valence-electron chi connectivity index (χ0n) is 18.0. The van der Waals surface area contributed by atoms with Crippen molar-refractivity contribution in [3.05, 3.63) is 105 Å². The summed E-state index contributed by atoms with van der Waals surface area (Å²) < 4.78 is 50.9. The van der Waals surface area contributed by atoms with Crippen LogP contribution in [-0.4, -0.2) is 0 Å². The van der Waals surface area contributed by atoms with Gasteiger partial charge in [-0.05, 0) is 55.0 Å². The molecule has 9 heteroatoms. The zero-order valence-corrected chi connectivity index (χ0v) is 18.0. The van der Waals surface area contributed by atoms with Crippen molar-refractivity contribution >= 4 is 11.4 Å². The highest BCUT2D eigenvalue weighted by molar-refractivity contribution is 5.72. The van der Waals surface area contributed by atoms with Gasteiger partial charge in [-0.3, -0.25) is 0 Å². The molecule has 3 aromatic carbocycles. The first-order chi connectivity index (χ1) is 16.7. The number of benzene rings is 3. The number of hydrogen-bond donors (Lipinski definition) is 0. The van der Waals surface area contributed by atoms with Crippen LogP contribution < -0.4 is 19.9 Å². The maximum absolute atomic E-state index is 13.1. The lowest BCUT2D eigenvalue weighted by molar-refractivity contribution is -0.137. The SMILES string of the molecule is [C-]#[N+]/C(C#N)=c1/cc(Oc2cccc(C(F)(F)F)c2)/c(=C(\C#N)[N+]#[C-])cc1Oc1cccc(C)c1. The van der Waals surface area contributed by atoms with E-state index in [4.69, 9.17) is 22.6 Å². The van der Waals surface area contributed by atoms with Gasteiger partial charge in [-0.1, -0.05) is 18.2 Å². The van der Waals surface area contributed by atoms with Crippen LogP contribution >= 0.6 is 0 Å². The number of ether oxygens (including phenoxy) is 2. The molecule has 0 aliphatic carbocycles. The molecule has 0 heterocycles. The number of nitriles is 2. The summed E-state index contributed by atoms with van der Waals surface area (Å²) in [6.45, 7) is 16.5. The summed E-state index contributed by atoms with van der Waals surface area (Å²) in [5, 5.41) is 18.8. The standard InChI is InChI=1S/C26H13F3N4O2/c1-16-6-4-8-18(10-16)34-24-12-21(23(15-31)33-3)25(13-20(24)22(14-30)32-2)35-19-9-5-7-17(11-19)26(27,28)29/h4-13H,1H3/b22-20-,23-21+. The van der Waals surface area contributed by atoms with Crippen molar-refractivity contribution in [1.82, 2.24) is 0 Å². The third-order valence-corrected chi connectivity index (χ3v) is 4.63. The Balaban J connectivity index is 2.32. The minimum atomic E-state index is -4.62. The summed E-state index contributed by atoms with van der Waals surface area (Å²) >= 11 is 0. The number of alkyl halides is 3. The van der Waals surface area contributed by atoms with Gasteiger partial charge < -0.3 is 9.47 Å². The first-order valence-corrected chi connectivity index (χ1v) is 9.77. The molecule has 3 rings (SSSR count). The Labute approximate surface area is 198 Å².